The molecule has 0 aliphatic rings. The lowest BCUT2D eigenvalue weighted by Crippen LogP contribution is -1.89. The summed E-state index contributed by atoms with van der Waals surface area (Å²) in [4.78, 5) is 2.71. The smallest absolute Gasteiger partial charge is 0.127 e. The van der Waals surface area contributed by atoms with Crippen LogP contribution in [-0.4, -0.2) is 40.7 Å². The minimum atomic E-state index is 0.742. The van der Waals surface area contributed by atoms with E-state index in [4.69, 9.17) is 33.4 Å². The van der Waals surface area contributed by atoms with Gasteiger partial charge in [0.25, 0.3) is 0 Å². The molecule has 0 saturated heterocycles. The van der Waals surface area contributed by atoms with E-state index in [-0.39, 0.29) is 0 Å². The molecular weight excluding hydrogens is 1080 g/mol. The van der Waals surface area contributed by atoms with Crippen molar-refractivity contribution in [1.82, 2.24) is 0 Å². The van der Waals surface area contributed by atoms with Gasteiger partial charge in [-0.2, -0.15) is 0 Å². The van der Waals surface area contributed by atoms with E-state index < -0.39 is 0 Å². The molecule has 0 atom stereocenters. The fourth-order valence-corrected chi connectivity index (χ4v) is 8.33. The topological polar surface area (TPSA) is 243 Å². The molecule has 0 heterocycles. The van der Waals surface area contributed by atoms with E-state index in [1.165, 1.54) is 105 Å². The van der Waals surface area contributed by atoms with Gasteiger partial charge in [-0.1, -0.05) is 133 Å². The van der Waals surface area contributed by atoms with Crippen molar-refractivity contribution in [2.75, 3.05) is 69.4 Å². The summed E-state index contributed by atoms with van der Waals surface area (Å²) in [6.07, 6.45) is 7.49. The molecule has 0 bridgehead atoms. The Bertz CT molecular complexity index is 2770. The van der Waals surface area contributed by atoms with Crippen LogP contribution in [0.25, 0.3) is 0 Å². The van der Waals surface area contributed by atoms with Crippen LogP contribution in [0.4, 0.5) is 28.4 Å². The van der Waals surface area contributed by atoms with Crippen LogP contribution in [0.15, 0.2) is 210 Å². The summed E-state index contributed by atoms with van der Waals surface area (Å²) in [6, 6.07) is 67.0. The first-order chi connectivity index (χ1) is 40.8. The average Bonchev–Trinajstić information content (AvgIpc) is 3.59. The molecule has 9 aromatic rings. The third-order valence-electron chi connectivity index (χ3n) is 11.8. The molecule has 0 fully saturated rings. The van der Waals surface area contributed by atoms with Crippen LogP contribution in [0.3, 0.4) is 0 Å². The van der Waals surface area contributed by atoms with Crippen molar-refractivity contribution in [3.05, 3.63) is 267 Å². The van der Waals surface area contributed by atoms with Gasteiger partial charge in [0.05, 0.1) is 0 Å². The predicted molar refractivity (Wildman–Crippen MR) is 384 cm³/mol. The minimum absolute atomic E-state index is 0.742. The van der Waals surface area contributed by atoms with Crippen LogP contribution in [0.2, 0.25) is 0 Å². The lowest BCUT2D eigenvalue weighted by Gasteiger charge is -2.05. The molecule has 0 radical (unpaired) electrons. The predicted octanol–water partition coefficient (Wildman–Crippen LogP) is 16.4. The van der Waals surface area contributed by atoms with E-state index >= 15 is 0 Å². The number of thioether (sulfide) groups is 2. The van der Waals surface area contributed by atoms with Crippen molar-refractivity contribution < 1.29 is 4.74 Å². The van der Waals surface area contributed by atoms with Gasteiger partial charge in [-0.15, -0.1) is 23.5 Å². The Balaban J connectivity index is 0. The van der Waals surface area contributed by atoms with Crippen LogP contribution in [0.1, 0.15) is 80.6 Å². The maximum absolute atomic E-state index is 5.64. The lowest BCUT2D eigenvalue weighted by molar-refractivity contribution is 0.482. The fraction of sp³-hybridized carbons (Fsp3) is 0.260. The van der Waals surface area contributed by atoms with Crippen molar-refractivity contribution >= 4 is 52.0 Å². The molecule has 18 N–H and O–H groups in total. The van der Waals surface area contributed by atoms with E-state index in [1.54, 1.807) is 23.5 Å². The van der Waals surface area contributed by atoms with Crippen molar-refractivity contribution in [3.63, 3.8) is 0 Å². The maximum Gasteiger partial charge on any atom is 0.127 e. The highest BCUT2D eigenvalue weighted by Crippen LogP contribution is 2.25. The van der Waals surface area contributed by atoms with Gasteiger partial charge in [0.1, 0.15) is 11.5 Å². The van der Waals surface area contributed by atoms with Crippen LogP contribution < -0.4 is 56.3 Å². The number of benzene rings is 9. The highest BCUT2D eigenvalue weighted by atomic mass is 32.2. The average molecular weight is 1190 g/mol. The molecule has 0 aliphatic heterocycles. The first-order valence-electron chi connectivity index (χ1n) is 28.3. The second-order valence-corrected chi connectivity index (χ2v) is 20.7. The molecule has 0 spiro atoms. The molecule has 460 valence electrons. The number of ether oxygens (including phenoxy) is 1. The number of hydrogen-bond donors (Lipinski definition) is 9. The van der Waals surface area contributed by atoms with Gasteiger partial charge < -0.3 is 56.3 Å². The van der Waals surface area contributed by atoms with Crippen LogP contribution >= 0.6 is 23.5 Å². The molecule has 10 nitrogen and oxygen atoms in total. The van der Waals surface area contributed by atoms with Gasteiger partial charge in [-0.3, -0.25) is 0 Å². The summed E-state index contributed by atoms with van der Waals surface area (Å²) in [6.45, 7) is 21.1. The summed E-state index contributed by atoms with van der Waals surface area (Å²) >= 11 is 3.60. The third-order valence-corrected chi connectivity index (χ3v) is 13.2. The Morgan fingerprint density at radius 1 is 0.294 bits per heavy atom. The zero-order valence-corrected chi connectivity index (χ0v) is 55.7. The molecule has 12 heteroatoms. The summed E-state index contributed by atoms with van der Waals surface area (Å²) in [5.74, 6) is 1.64. The monoisotopic (exact) mass is 1190 g/mol. The summed E-state index contributed by atoms with van der Waals surface area (Å²) in [7, 11) is 6.00. The van der Waals surface area contributed by atoms with Crippen LogP contribution in [0.5, 0.6) is 11.5 Å². The molecule has 0 aromatic heterocycles. The molecule has 0 aliphatic carbocycles. The van der Waals surface area contributed by atoms with Gasteiger partial charge in [0.2, 0.25) is 0 Å². The summed E-state index contributed by atoms with van der Waals surface area (Å²) < 4.78 is 5.63. The van der Waals surface area contributed by atoms with Crippen LogP contribution in [0, 0.1) is 55.4 Å². The van der Waals surface area contributed by atoms with Gasteiger partial charge in [0.15, 0.2) is 0 Å². The number of aryl methyl sites for hydroxylation is 10. The Labute approximate surface area is 522 Å². The lowest BCUT2D eigenvalue weighted by atomic mass is 10.0. The number of nitrogens with two attached hydrogens (primary N) is 9. The Kier molecular flexibility index (Phi) is 45.5. The normalized spacial score (nSPS) is 9.18. The molecule has 85 heavy (non-hydrogen) atoms. The van der Waals surface area contributed by atoms with Crippen molar-refractivity contribution in [1.29, 1.82) is 0 Å². The van der Waals surface area contributed by atoms with Gasteiger partial charge in [-0.25, -0.2) is 0 Å². The number of hydrogen-bond acceptors (Lipinski definition) is 12. The van der Waals surface area contributed by atoms with Gasteiger partial charge in [-0.05, 0) is 263 Å². The van der Waals surface area contributed by atoms with E-state index in [9.17, 15) is 0 Å². The largest absolute Gasteiger partial charge is 0.457 e. The Morgan fingerprint density at radius 2 is 0.635 bits per heavy atom. The molecule has 0 unspecified atom stereocenters. The van der Waals surface area contributed by atoms with E-state index in [1.807, 2.05) is 148 Å². The molecule has 0 saturated carbocycles. The SMILES string of the molecule is CCc1cc(C)cc(CC)c1.CN.CN.CN.CN.CSc1cc(C)cc(SC)c1.Cc1ccc(Cc2ccc(N)cc2)cc1.Cc1ccc(N)cc1.Cc1ccc(N)cc1C.Cc1ccc(Oc2ccc(N)cc2)cc1.Cc1cccc(N)c1. The Morgan fingerprint density at radius 3 is 0.988 bits per heavy atom. The zero-order chi connectivity index (χ0) is 64.7. The van der Waals surface area contributed by atoms with E-state index in [0.29, 0.717) is 0 Å². The van der Waals surface area contributed by atoms with Gasteiger partial charge >= 0.3 is 0 Å². The fourth-order valence-electron chi connectivity index (χ4n) is 7.16. The number of nitrogen functional groups attached to an aromatic ring is 5. The quantitative estimate of drug-likeness (QED) is 0.0510. The van der Waals surface area contributed by atoms with Crippen molar-refractivity contribution in [3.8, 4) is 11.5 Å². The first kappa shape index (κ1) is 79.4. The number of rotatable bonds is 8. The second-order valence-electron chi connectivity index (χ2n) is 19.0. The summed E-state index contributed by atoms with van der Waals surface area (Å²) in [5, 5.41) is 0. The van der Waals surface area contributed by atoms with Crippen molar-refractivity contribution in [2.45, 2.75) is 98.3 Å². The second kappa shape index (κ2) is 48.7. The highest BCUT2D eigenvalue weighted by Gasteiger charge is 1.99. The first-order valence-corrected chi connectivity index (χ1v) is 30.8. The maximum atomic E-state index is 5.64. The third kappa shape index (κ3) is 38.0. The Hall–Kier alpha value is -7.68. The van der Waals surface area contributed by atoms with E-state index in [2.05, 4.69) is 157 Å². The molecule has 9 aromatic carbocycles. The number of anilines is 5. The van der Waals surface area contributed by atoms with E-state index in [0.717, 1.165) is 59.2 Å². The minimum Gasteiger partial charge on any atom is -0.457 e. The zero-order valence-electron chi connectivity index (χ0n) is 54.1. The van der Waals surface area contributed by atoms with Gasteiger partial charge in [0, 0.05) is 38.2 Å². The highest BCUT2D eigenvalue weighted by molar-refractivity contribution is 7.99. The van der Waals surface area contributed by atoms with Crippen molar-refractivity contribution in [2.24, 2.45) is 22.9 Å². The molecular formula is C73H105N9OS2. The molecule has 9 rings (SSSR count). The molecule has 0 amide bonds. The van der Waals surface area contributed by atoms with Crippen LogP contribution in [-0.2, 0) is 19.3 Å². The summed E-state index contributed by atoms with van der Waals surface area (Å²) in [5.41, 5.74) is 65.6. The standard InChI is InChI=1S/C14H15N.C13H13NO.C11H16.C9H12S2.C8H11N.2C7H9N.4CH5N/c1-11-2-4-12(5-3-11)10-13-6-8-14(15)9-7-13;1-10-2-6-12(7-3-10)15-13-8-4-11(14)5-9-13;1-4-10-6-9(3)7-11(5-2)8-10;1-7-4-8(10-2)6-9(5-7)11-3;1-6-3-4-8(9)5-7(6)2;1-6-2-4-7(8)5-3-6;1-6-3-2-4-7(8)5-6;4*1-2/h2-9H,10,15H2,1H3;2-9H,14H2,1H3;6-8H,4-5H2,1-3H3;4-6H,1-3H3;3-5H,9H2,1-2H3;2*2-5H,8H2,1H3;4*2H2,1H3.